The number of aromatic amines is 1. The number of rotatable bonds is 2. The maximum atomic E-state index is 11.9. The minimum Gasteiger partial charge on any atom is -0.309 e. The fourth-order valence-corrected chi connectivity index (χ4v) is 3.40. The molecular weight excluding hydrogens is 316 g/mol. The summed E-state index contributed by atoms with van der Waals surface area (Å²) in [6.07, 6.45) is 7.31. The molecule has 0 spiro atoms. The monoisotopic (exact) mass is 332 g/mol. The first kappa shape index (κ1) is 13.6. The fraction of sp³-hybridized carbons (Fsp3) is 0.375. The van der Waals surface area contributed by atoms with Crippen molar-refractivity contribution in [3.63, 3.8) is 0 Å². The fourth-order valence-electron chi connectivity index (χ4n) is 3.20. The number of H-pyrrole nitrogens is 1. The zero-order valence-electron chi connectivity index (χ0n) is 11.2. The van der Waals surface area contributed by atoms with E-state index < -0.39 is 0 Å². The summed E-state index contributed by atoms with van der Waals surface area (Å²) >= 11 is 3.22. The Bertz CT molecular complexity index is 645. The van der Waals surface area contributed by atoms with Crippen LogP contribution in [-0.4, -0.2) is 9.97 Å². The zero-order chi connectivity index (χ0) is 14.0. The summed E-state index contributed by atoms with van der Waals surface area (Å²) in [7, 11) is 0. The Kier molecular flexibility index (Phi) is 3.74. The summed E-state index contributed by atoms with van der Waals surface area (Å²) in [5.74, 6) is 0.802. The molecule has 0 radical (unpaired) electrons. The highest BCUT2D eigenvalue weighted by Crippen LogP contribution is 2.42. The van der Waals surface area contributed by atoms with Crippen LogP contribution in [-0.2, 0) is 5.41 Å². The van der Waals surface area contributed by atoms with E-state index in [-0.39, 0.29) is 11.0 Å². The SMILES string of the molecule is O=c1[nH]c(C2(c3ccccc3)CCCCC2)ncc1Br. The first-order valence-corrected chi connectivity index (χ1v) is 7.82. The molecular formula is C16H17BrN2O. The molecule has 1 N–H and O–H groups in total. The molecule has 0 unspecified atom stereocenters. The van der Waals surface area contributed by atoms with Crippen molar-refractivity contribution in [2.75, 3.05) is 0 Å². The van der Waals surface area contributed by atoms with Crippen LogP contribution in [0.5, 0.6) is 0 Å². The largest absolute Gasteiger partial charge is 0.309 e. The molecule has 2 aromatic rings. The topological polar surface area (TPSA) is 45.8 Å². The van der Waals surface area contributed by atoms with Crippen molar-refractivity contribution in [1.82, 2.24) is 9.97 Å². The van der Waals surface area contributed by atoms with Crippen molar-refractivity contribution in [3.05, 3.63) is 62.7 Å². The third-order valence-electron chi connectivity index (χ3n) is 4.24. The van der Waals surface area contributed by atoms with Gasteiger partial charge in [0.1, 0.15) is 10.3 Å². The van der Waals surface area contributed by atoms with Crippen LogP contribution >= 0.6 is 15.9 Å². The van der Waals surface area contributed by atoms with Gasteiger partial charge in [-0.2, -0.15) is 0 Å². The van der Waals surface area contributed by atoms with Gasteiger partial charge in [-0.1, -0.05) is 49.6 Å². The zero-order valence-corrected chi connectivity index (χ0v) is 12.8. The van der Waals surface area contributed by atoms with Crippen LogP contribution in [0.1, 0.15) is 43.5 Å². The van der Waals surface area contributed by atoms with Gasteiger partial charge in [0.25, 0.3) is 5.56 Å². The molecule has 1 fully saturated rings. The van der Waals surface area contributed by atoms with E-state index >= 15 is 0 Å². The molecule has 1 aromatic carbocycles. The lowest BCUT2D eigenvalue weighted by atomic mass is 9.69. The molecule has 0 aliphatic heterocycles. The average molecular weight is 333 g/mol. The lowest BCUT2D eigenvalue weighted by Gasteiger charge is -2.36. The lowest BCUT2D eigenvalue weighted by Crippen LogP contribution is -2.34. The second-order valence-corrected chi connectivity index (χ2v) is 6.27. The van der Waals surface area contributed by atoms with Crippen LogP contribution in [0.4, 0.5) is 0 Å². The van der Waals surface area contributed by atoms with Crippen LogP contribution in [0.15, 0.2) is 45.8 Å². The van der Waals surface area contributed by atoms with Gasteiger partial charge in [-0.3, -0.25) is 4.79 Å². The van der Waals surface area contributed by atoms with E-state index in [4.69, 9.17) is 0 Å². The Balaban J connectivity index is 2.15. The van der Waals surface area contributed by atoms with E-state index in [0.29, 0.717) is 4.47 Å². The van der Waals surface area contributed by atoms with Crippen molar-refractivity contribution in [1.29, 1.82) is 0 Å². The quantitative estimate of drug-likeness (QED) is 0.909. The summed E-state index contributed by atoms with van der Waals surface area (Å²) in [4.78, 5) is 19.4. The molecule has 0 bridgehead atoms. The van der Waals surface area contributed by atoms with E-state index in [0.717, 1.165) is 18.7 Å². The number of benzene rings is 1. The summed E-state index contributed by atoms with van der Waals surface area (Å²) < 4.78 is 0.486. The molecule has 1 saturated carbocycles. The number of nitrogens with one attached hydrogen (secondary N) is 1. The lowest BCUT2D eigenvalue weighted by molar-refractivity contribution is 0.329. The molecule has 1 aromatic heterocycles. The van der Waals surface area contributed by atoms with Crippen LogP contribution in [0.2, 0.25) is 0 Å². The molecule has 1 aliphatic rings. The Morgan fingerprint density at radius 2 is 1.80 bits per heavy atom. The molecule has 0 atom stereocenters. The van der Waals surface area contributed by atoms with Gasteiger partial charge < -0.3 is 4.98 Å². The van der Waals surface area contributed by atoms with Crippen molar-refractivity contribution in [3.8, 4) is 0 Å². The van der Waals surface area contributed by atoms with Gasteiger partial charge in [0, 0.05) is 6.20 Å². The molecule has 104 valence electrons. The molecule has 4 heteroatoms. The molecule has 1 aliphatic carbocycles. The maximum absolute atomic E-state index is 11.9. The van der Waals surface area contributed by atoms with Crippen LogP contribution in [0, 0.1) is 0 Å². The van der Waals surface area contributed by atoms with Gasteiger partial charge >= 0.3 is 0 Å². The highest BCUT2D eigenvalue weighted by Gasteiger charge is 2.37. The normalized spacial score (nSPS) is 17.9. The van der Waals surface area contributed by atoms with Crippen LogP contribution < -0.4 is 5.56 Å². The minimum absolute atomic E-state index is 0.101. The number of halogens is 1. The third kappa shape index (κ3) is 2.33. The molecule has 0 amide bonds. The van der Waals surface area contributed by atoms with Crippen molar-refractivity contribution in [2.24, 2.45) is 0 Å². The summed E-state index contributed by atoms with van der Waals surface area (Å²) in [5.41, 5.74) is 1.01. The second kappa shape index (κ2) is 5.52. The van der Waals surface area contributed by atoms with Crippen molar-refractivity contribution >= 4 is 15.9 Å². The third-order valence-corrected chi connectivity index (χ3v) is 4.81. The smallest absolute Gasteiger partial charge is 0.265 e. The van der Waals surface area contributed by atoms with Gasteiger partial charge in [-0.05, 0) is 34.3 Å². The number of aromatic nitrogens is 2. The van der Waals surface area contributed by atoms with E-state index in [2.05, 4.69) is 50.2 Å². The van der Waals surface area contributed by atoms with Gasteiger partial charge in [-0.15, -0.1) is 0 Å². The number of nitrogens with zero attached hydrogens (tertiary/aromatic N) is 1. The van der Waals surface area contributed by atoms with Gasteiger partial charge in [0.05, 0.1) is 5.41 Å². The van der Waals surface area contributed by atoms with E-state index in [1.165, 1.54) is 24.8 Å². The highest BCUT2D eigenvalue weighted by molar-refractivity contribution is 9.10. The van der Waals surface area contributed by atoms with E-state index in [1.807, 2.05) is 6.07 Å². The van der Waals surface area contributed by atoms with Crippen molar-refractivity contribution in [2.45, 2.75) is 37.5 Å². The Morgan fingerprint density at radius 3 is 2.45 bits per heavy atom. The number of hydrogen-bond donors (Lipinski definition) is 1. The predicted molar refractivity (Wildman–Crippen MR) is 82.9 cm³/mol. The predicted octanol–water partition coefficient (Wildman–Crippen LogP) is 3.78. The first-order chi connectivity index (χ1) is 9.72. The minimum atomic E-state index is -0.140. The molecule has 3 nitrogen and oxygen atoms in total. The molecule has 1 heterocycles. The maximum Gasteiger partial charge on any atom is 0.265 e. The summed E-state index contributed by atoms with van der Waals surface area (Å²) in [5, 5.41) is 0. The Morgan fingerprint density at radius 1 is 1.10 bits per heavy atom. The molecule has 20 heavy (non-hydrogen) atoms. The van der Waals surface area contributed by atoms with E-state index in [1.54, 1.807) is 6.20 Å². The number of hydrogen-bond acceptors (Lipinski definition) is 2. The first-order valence-electron chi connectivity index (χ1n) is 7.03. The van der Waals surface area contributed by atoms with Crippen molar-refractivity contribution < 1.29 is 0 Å². The standard InChI is InChI=1S/C16H17BrN2O/c17-13-11-18-15(19-14(13)20)16(9-5-2-6-10-16)12-7-3-1-4-8-12/h1,3-4,7-8,11H,2,5-6,9-10H2,(H,18,19,20). The van der Waals surface area contributed by atoms with Gasteiger partial charge in [-0.25, -0.2) is 4.98 Å². The van der Waals surface area contributed by atoms with Gasteiger partial charge in [0.15, 0.2) is 0 Å². The molecule has 0 saturated heterocycles. The average Bonchev–Trinajstić information content (AvgIpc) is 2.51. The molecule has 3 rings (SSSR count). The highest BCUT2D eigenvalue weighted by atomic mass is 79.9. The Labute approximate surface area is 126 Å². The van der Waals surface area contributed by atoms with E-state index in [9.17, 15) is 4.79 Å². The van der Waals surface area contributed by atoms with Crippen LogP contribution in [0.25, 0.3) is 0 Å². The van der Waals surface area contributed by atoms with Crippen LogP contribution in [0.3, 0.4) is 0 Å². The Hall–Kier alpha value is -1.42. The van der Waals surface area contributed by atoms with Gasteiger partial charge in [0.2, 0.25) is 0 Å². The summed E-state index contributed by atoms with van der Waals surface area (Å²) in [6.45, 7) is 0. The second-order valence-electron chi connectivity index (χ2n) is 5.42. The summed E-state index contributed by atoms with van der Waals surface area (Å²) in [6, 6.07) is 10.4.